The van der Waals surface area contributed by atoms with Gasteiger partial charge in [0.25, 0.3) is 5.91 Å². The molecule has 0 aromatic heterocycles. The van der Waals surface area contributed by atoms with Crippen molar-refractivity contribution < 1.29 is 43.3 Å². The number of likely N-dealkylation sites (tertiary alicyclic amines) is 4. The fourth-order valence-corrected chi connectivity index (χ4v) is 11.8. The zero-order valence-corrected chi connectivity index (χ0v) is 73.6. The van der Waals surface area contributed by atoms with E-state index < -0.39 is 0 Å². The Morgan fingerprint density at radius 2 is 0.888 bits per heavy atom. The largest absolute Gasteiger partial charge is 0.395 e. The summed E-state index contributed by atoms with van der Waals surface area (Å²) >= 11 is 0. The molecule has 5 aliphatic heterocycles. The van der Waals surface area contributed by atoms with Gasteiger partial charge in [-0.15, -0.1) is 0 Å². The number of aliphatic hydroxyl groups excluding tert-OH is 1. The van der Waals surface area contributed by atoms with Gasteiger partial charge in [0, 0.05) is 121 Å². The minimum absolute atomic E-state index is 0.00870. The lowest BCUT2D eigenvalue weighted by Gasteiger charge is -2.38. The van der Waals surface area contributed by atoms with Crippen LogP contribution < -0.4 is 37.2 Å². The van der Waals surface area contributed by atoms with Crippen molar-refractivity contribution in [1.82, 2.24) is 61.7 Å². The first-order valence-electron chi connectivity index (χ1n) is 40.7. The molecule has 21 heteroatoms. The molecule has 0 radical (unpaired) electrons. The molecule has 0 bridgehead atoms. The quantitative estimate of drug-likeness (QED) is 0.0694. The molecule has 107 heavy (non-hydrogen) atoms. The normalized spacial score (nSPS) is 16.6. The fraction of sp³-hybridized carbons (Fsp3) is 0.791. The van der Waals surface area contributed by atoms with Crippen molar-refractivity contribution >= 4 is 35.7 Å². The summed E-state index contributed by atoms with van der Waals surface area (Å²) in [4.78, 5) is 76.8. The van der Waals surface area contributed by atoms with Crippen LogP contribution in [0, 0.1) is 21.7 Å². The van der Waals surface area contributed by atoms with Crippen molar-refractivity contribution in [3.05, 3.63) is 71.8 Å². The van der Waals surface area contributed by atoms with Gasteiger partial charge in [-0.1, -0.05) is 144 Å². The number of rotatable bonds is 18. The number of carbonyl (C=O) groups excluding carboxylic acids is 6. The molecule has 0 aliphatic carbocycles. The molecule has 5 fully saturated rings. The molecule has 2 aromatic rings. The van der Waals surface area contributed by atoms with Crippen LogP contribution in [0.5, 0.6) is 0 Å². The van der Waals surface area contributed by atoms with Crippen molar-refractivity contribution in [2.45, 2.75) is 306 Å². The van der Waals surface area contributed by atoms with Gasteiger partial charge in [0.05, 0.1) is 38.6 Å². The van der Waals surface area contributed by atoms with Crippen LogP contribution in [0.4, 0.5) is 9.59 Å². The number of carbonyl (C=O) groups is 6. The van der Waals surface area contributed by atoms with Crippen molar-refractivity contribution in [2.75, 3.05) is 118 Å². The SMILES string of the molecule is CC(=O)NC(C)C.CC(=O)NC(C)C.CC(C)(C)CN1CCCC1.CC(C)(C)CN1CCCCC1.CC(C)(C)CN1CCCCC1CO.CC(C)(C)CN1CCOCC1.CC(C)NC(=O)NC(C)c1ccccc1.CC(C)NC(=O)c1ccccc1.CC(C)OCCN1CCCC1=O.CCNC(=O)NC(C)C. The van der Waals surface area contributed by atoms with Crippen molar-refractivity contribution in [3.8, 4) is 0 Å². The number of piperidine rings is 2. The Morgan fingerprint density at radius 3 is 1.25 bits per heavy atom. The molecule has 5 aliphatic rings. The first-order valence-corrected chi connectivity index (χ1v) is 40.7. The molecule has 2 atom stereocenters. The van der Waals surface area contributed by atoms with Crippen molar-refractivity contribution in [2.24, 2.45) is 21.7 Å². The summed E-state index contributed by atoms with van der Waals surface area (Å²) in [5, 5.41) is 28.4. The maximum absolute atomic E-state index is 11.4. The average Bonchev–Trinajstić information content (AvgIpc) is 1.72. The van der Waals surface area contributed by atoms with Crippen LogP contribution in [-0.2, 0) is 23.9 Å². The molecular weight excluding hydrogens is 1350 g/mol. The smallest absolute Gasteiger partial charge is 0.315 e. The van der Waals surface area contributed by atoms with Gasteiger partial charge in [-0.2, -0.15) is 0 Å². The molecular formula is C86H166N12O9. The second kappa shape index (κ2) is 60.3. The van der Waals surface area contributed by atoms with E-state index in [0.717, 1.165) is 64.3 Å². The van der Waals surface area contributed by atoms with E-state index in [2.05, 4.69) is 140 Å². The van der Waals surface area contributed by atoms with Crippen molar-refractivity contribution in [3.63, 3.8) is 0 Å². The standard InChI is InChI=1S/C12H18N2O.C11H23NO.C10H13NO.C10H21N.C9H17NO2.C9H19NO.C9H19N.C6H14N2O.2C5H11NO/c1-9(2)13-12(15)14-10(3)11-7-5-4-6-8-11;1-11(2,3)9-12-7-5-4-6-10(12)8-13;1-8(2)11-10(12)9-6-4-3-5-7-9;1-10(2,3)9-11-7-5-4-6-8-11;1-8(2)12-7-6-10-5-3-4-9(10)11;1-9(2,3)8-10-4-6-11-7-5-10;1-9(2,3)8-10-6-4-5-7-10;1-4-7-6(9)8-5(2)3;2*1-4(2)6-5(3)7/h4-10H,1-3H3,(H2,13,14,15);10,13H,4-9H2,1-3H3;3-8H,1-2H3,(H,11,12);4-9H2,1-3H3;8H,3-7H2,1-2H3;4-8H2,1-3H3;4-8H2,1-3H3;5H,4H2,1-3H3,(H2,7,8,9);2*4H,1-3H3,(H,6,7). The summed E-state index contributed by atoms with van der Waals surface area (Å²) in [6.07, 6.45) is 12.9. The summed E-state index contributed by atoms with van der Waals surface area (Å²) in [6, 6.07) is 20.5. The number of hydrogen-bond donors (Lipinski definition) is 8. The summed E-state index contributed by atoms with van der Waals surface area (Å²) in [5.41, 5.74) is 3.58. The van der Waals surface area contributed by atoms with E-state index in [1.54, 1.807) is 12.1 Å². The first kappa shape index (κ1) is 106. The molecule has 8 N–H and O–H groups in total. The lowest BCUT2D eigenvalue weighted by molar-refractivity contribution is -0.128. The van der Waals surface area contributed by atoms with Gasteiger partial charge in [-0.05, 0) is 214 Å². The highest BCUT2D eigenvalue weighted by atomic mass is 16.5. The third kappa shape index (κ3) is 70.7. The van der Waals surface area contributed by atoms with Crippen LogP contribution >= 0.6 is 0 Å². The number of hydrogen-bond acceptors (Lipinski definition) is 13. The van der Waals surface area contributed by atoms with E-state index in [1.165, 1.54) is 118 Å². The molecule has 624 valence electrons. The second-order valence-electron chi connectivity index (χ2n) is 35.4. The molecule has 7 rings (SSSR count). The van der Waals surface area contributed by atoms with Crippen LogP contribution in [0.15, 0.2) is 60.7 Å². The van der Waals surface area contributed by atoms with E-state index in [0.29, 0.717) is 53.0 Å². The maximum atomic E-state index is 11.4. The molecule has 8 amide bonds. The van der Waals surface area contributed by atoms with Crippen LogP contribution in [0.2, 0.25) is 0 Å². The minimum Gasteiger partial charge on any atom is -0.395 e. The lowest BCUT2D eigenvalue weighted by atomic mass is 9.93. The third-order valence-corrected chi connectivity index (χ3v) is 15.7. The van der Waals surface area contributed by atoms with Gasteiger partial charge in [-0.25, -0.2) is 9.59 Å². The van der Waals surface area contributed by atoms with E-state index in [4.69, 9.17) is 9.47 Å². The first-order chi connectivity index (χ1) is 49.7. The Labute approximate surface area is 655 Å². The molecule has 2 aromatic carbocycles. The number of nitrogens with one attached hydrogen (secondary N) is 7. The third-order valence-electron chi connectivity index (χ3n) is 15.7. The van der Waals surface area contributed by atoms with Gasteiger partial charge < -0.3 is 66.5 Å². The Balaban J connectivity index is -0.00000113. The van der Waals surface area contributed by atoms with Crippen LogP contribution in [0.25, 0.3) is 0 Å². The monoisotopic (exact) mass is 1510 g/mol. The fourth-order valence-electron chi connectivity index (χ4n) is 11.8. The van der Waals surface area contributed by atoms with E-state index >= 15 is 0 Å². The molecule has 5 saturated heterocycles. The predicted molar refractivity (Wildman–Crippen MR) is 450 cm³/mol. The molecule has 0 saturated carbocycles. The molecule has 0 spiro atoms. The van der Waals surface area contributed by atoms with Crippen LogP contribution in [0.1, 0.15) is 280 Å². The van der Waals surface area contributed by atoms with Gasteiger partial charge >= 0.3 is 12.1 Å². The Hall–Kier alpha value is -5.42. The summed E-state index contributed by atoms with van der Waals surface area (Å²) in [5.74, 6) is 0.345. The zero-order chi connectivity index (χ0) is 82.4. The maximum Gasteiger partial charge on any atom is 0.315 e. The molecule has 2 unspecified atom stereocenters. The molecule has 5 heterocycles. The number of ether oxygens (including phenoxy) is 2. The second-order valence-corrected chi connectivity index (χ2v) is 35.4. The van der Waals surface area contributed by atoms with E-state index in [9.17, 15) is 33.9 Å². The van der Waals surface area contributed by atoms with Gasteiger partial charge in [0.1, 0.15) is 0 Å². The number of amides is 8. The molecule has 21 nitrogen and oxygen atoms in total. The highest BCUT2D eigenvalue weighted by Gasteiger charge is 2.26. The van der Waals surface area contributed by atoms with Gasteiger partial charge in [-0.3, -0.25) is 29.0 Å². The predicted octanol–water partition coefficient (Wildman–Crippen LogP) is 15.0. The number of morpholine rings is 1. The number of aliphatic hydroxyl groups is 1. The number of nitrogens with zero attached hydrogens (tertiary/aromatic N) is 5. The highest BCUT2D eigenvalue weighted by molar-refractivity contribution is 5.94. The topological polar surface area (TPSA) is 242 Å². The van der Waals surface area contributed by atoms with E-state index in [1.807, 2.05) is 150 Å². The van der Waals surface area contributed by atoms with Gasteiger partial charge in [0.2, 0.25) is 17.7 Å². The minimum atomic E-state index is -0.124. The summed E-state index contributed by atoms with van der Waals surface area (Å²) in [6.45, 7) is 76.5. The van der Waals surface area contributed by atoms with Crippen molar-refractivity contribution in [1.29, 1.82) is 0 Å². The summed E-state index contributed by atoms with van der Waals surface area (Å²) < 4.78 is 10.6. The van der Waals surface area contributed by atoms with Crippen LogP contribution in [0.3, 0.4) is 0 Å². The van der Waals surface area contributed by atoms with Crippen LogP contribution in [-0.4, -0.2) is 226 Å². The summed E-state index contributed by atoms with van der Waals surface area (Å²) in [7, 11) is 0. The Kier molecular flexibility index (Phi) is 59.6. The zero-order valence-electron chi connectivity index (χ0n) is 73.6. The number of benzene rings is 2. The highest BCUT2D eigenvalue weighted by Crippen LogP contribution is 2.24. The Morgan fingerprint density at radius 1 is 0.486 bits per heavy atom. The van der Waals surface area contributed by atoms with Gasteiger partial charge in [0.15, 0.2) is 0 Å². The average molecular weight is 1510 g/mol. The Bertz CT molecular complexity index is 2480. The number of urea groups is 2. The van der Waals surface area contributed by atoms with E-state index in [-0.39, 0.29) is 78.0 Å². The lowest BCUT2D eigenvalue weighted by Crippen LogP contribution is -2.45.